The molecule has 1 aromatic rings. The summed E-state index contributed by atoms with van der Waals surface area (Å²) in [4.78, 5) is 4.27. The zero-order chi connectivity index (χ0) is 16.3. The first kappa shape index (κ1) is 21.2. The van der Waals surface area contributed by atoms with E-state index in [-0.39, 0.29) is 24.0 Å². The number of nitrogens with one attached hydrogen (secondary N) is 2. The second kappa shape index (κ2) is 12.5. The van der Waals surface area contributed by atoms with Gasteiger partial charge in [-0.25, -0.2) is 0 Å². The summed E-state index contributed by atoms with van der Waals surface area (Å²) in [5.41, 5.74) is 1.45. The lowest BCUT2D eigenvalue weighted by molar-refractivity contribution is 0.0698. The predicted molar refractivity (Wildman–Crippen MR) is 109 cm³/mol. The summed E-state index contributed by atoms with van der Waals surface area (Å²) in [6, 6.07) is 10.8. The van der Waals surface area contributed by atoms with Crippen LogP contribution in [-0.4, -0.2) is 53.0 Å². The maximum absolute atomic E-state index is 5.44. The number of methoxy groups -OCH3 is 1. The number of aliphatic imine (C=N–C) groups is 1. The fourth-order valence-corrected chi connectivity index (χ4v) is 2.66. The average molecular weight is 447 g/mol. The lowest BCUT2D eigenvalue weighted by atomic mass is 10.1. The molecule has 0 bridgehead atoms. The lowest BCUT2D eigenvalue weighted by Gasteiger charge is -2.12. The molecule has 6 heteroatoms. The fourth-order valence-electron chi connectivity index (χ4n) is 2.66. The Morgan fingerprint density at radius 3 is 2.67 bits per heavy atom. The molecule has 2 N–H and O–H groups in total. The van der Waals surface area contributed by atoms with E-state index in [0.717, 1.165) is 32.1 Å². The molecule has 1 aromatic carbocycles. The Morgan fingerprint density at radius 1 is 1.17 bits per heavy atom. The molecule has 0 saturated heterocycles. The first-order valence-corrected chi connectivity index (χ1v) is 8.41. The predicted octanol–water partition coefficient (Wildman–Crippen LogP) is 2.63. The Bertz CT molecular complexity index is 471. The van der Waals surface area contributed by atoms with Crippen molar-refractivity contribution in [1.29, 1.82) is 0 Å². The van der Waals surface area contributed by atoms with Gasteiger partial charge in [-0.3, -0.25) is 4.99 Å². The highest BCUT2D eigenvalue weighted by Crippen LogP contribution is 2.46. The van der Waals surface area contributed by atoms with Crippen LogP contribution in [0.5, 0.6) is 0 Å². The van der Waals surface area contributed by atoms with Gasteiger partial charge in [-0.05, 0) is 30.2 Å². The van der Waals surface area contributed by atoms with Gasteiger partial charge in [0.05, 0.1) is 13.2 Å². The molecule has 5 nitrogen and oxygen atoms in total. The standard InChI is InChI=1S/C18H29N3O2.HI/c1-19-18(20-9-6-10-23-12-11-22-2)21-14-16-13-17(16)15-7-4-3-5-8-15;/h3-5,7-8,16-17H,6,9-14H2,1-2H3,(H2,19,20,21);1H. The van der Waals surface area contributed by atoms with Crippen LogP contribution in [0.25, 0.3) is 0 Å². The van der Waals surface area contributed by atoms with Gasteiger partial charge in [-0.15, -0.1) is 24.0 Å². The molecule has 2 atom stereocenters. The van der Waals surface area contributed by atoms with Gasteiger partial charge in [0.2, 0.25) is 0 Å². The Labute approximate surface area is 162 Å². The van der Waals surface area contributed by atoms with Gasteiger partial charge in [0.15, 0.2) is 5.96 Å². The van der Waals surface area contributed by atoms with Crippen LogP contribution in [0.15, 0.2) is 35.3 Å². The number of hydrogen-bond acceptors (Lipinski definition) is 3. The lowest BCUT2D eigenvalue weighted by Crippen LogP contribution is -2.39. The molecule has 0 aromatic heterocycles. The van der Waals surface area contributed by atoms with Gasteiger partial charge in [0, 0.05) is 33.9 Å². The SMILES string of the molecule is CN=C(NCCCOCCOC)NCC1CC1c1ccccc1.I. The van der Waals surface area contributed by atoms with Crippen molar-refractivity contribution in [3.05, 3.63) is 35.9 Å². The van der Waals surface area contributed by atoms with Crippen molar-refractivity contribution in [2.24, 2.45) is 10.9 Å². The van der Waals surface area contributed by atoms with Gasteiger partial charge >= 0.3 is 0 Å². The molecule has 136 valence electrons. The zero-order valence-electron chi connectivity index (χ0n) is 14.7. The molecule has 0 radical (unpaired) electrons. The van der Waals surface area contributed by atoms with Crippen LogP contribution in [0, 0.1) is 5.92 Å². The number of guanidine groups is 1. The molecule has 1 aliphatic rings. The van der Waals surface area contributed by atoms with Crippen molar-refractivity contribution in [3.63, 3.8) is 0 Å². The van der Waals surface area contributed by atoms with Crippen molar-refractivity contribution in [1.82, 2.24) is 10.6 Å². The van der Waals surface area contributed by atoms with Gasteiger partial charge in [0.25, 0.3) is 0 Å². The highest BCUT2D eigenvalue weighted by molar-refractivity contribution is 14.0. The maximum atomic E-state index is 5.44. The molecule has 1 saturated carbocycles. The molecular formula is C18H30IN3O2. The van der Waals surface area contributed by atoms with E-state index in [4.69, 9.17) is 9.47 Å². The molecule has 0 spiro atoms. The maximum Gasteiger partial charge on any atom is 0.190 e. The summed E-state index contributed by atoms with van der Waals surface area (Å²) in [5.74, 6) is 2.30. The molecule has 1 fully saturated rings. The minimum absolute atomic E-state index is 0. The van der Waals surface area contributed by atoms with Crippen molar-refractivity contribution < 1.29 is 9.47 Å². The Hall–Kier alpha value is -0.860. The normalized spacial score (nSPS) is 19.5. The summed E-state index contributed by atoms with van der Waals surface area (Å²) in [6.07, 6.45) is 2.22. The van der Waals surface area contributed by atoms with Crippen LogP contribution in [0.4, 0.5) is 0 Å². The number of hydrogen-bond donors (Lipinski definition) is 2. The van der Waals surface area contributed by atoms with Crippen LogP contribution in [-0.2, 0) is 9.47 Å². The second-order valence-electron chi connectivity index (χ2n) is 5.85. The molecule has 2 unspecified atom stereocenters. The third-order valence-corrected chi connectivity index (χ3v) is 4.10. The Morgan fingerprint density at radius 2 is 1.96 bits per heavy atom. The zero-order valence-corrected chi connectivity index (χ0v) is 17.0. The summed E-state index contributed by atoms with van der Waals surface area (Å²) in [5, 5.41) is 6.75. The molecular weight excluding hydrogens is 417 g/mol. The van der Waals surface area contributed by atoms with Crippen LogP contribution in [0.1, 0.15) is 24.3 Å². The fraction of sp³-hybridized carbons (Fsp3) is 0.611. The topological polar surface area (TPSA) is 54.9 Å². The van der Waals surface area contributed by atoms with Gasteiger partial charge in [-0.1, -0.05) is 30.3 Å². The van der Waals surface area contributed by atoms with E-state index < -0.39 is 0 Å². The number of rotatable bonds is 10. The number of nitrogens with zero attached hydrogens (tertiary/aromatic N) is 1. The smallest absolute Gasteiger partial charge is 0.190 e. The Kier molecular flexibility index (Phi) is 11.0. The summed E-state index contributed by atoms with van der Waals surface area (Å²) in [7, 11) is 3.49. The molecule has 24 heavy (non-hydrogen) atoms. The van der Waals surface area contributed by atoms with Gasteiger partial charge in [-0.2, -0.15) is 0 Å². The minimum atomic E-state index is 0. The van der Waals surface area contributed by atoms with Gasteiger partial charge in [0.1, 0.15) is 0 Å². The largest absolute Gasteiger partial charge is 0.382 e. The number of halogens is 1. The molecule has 2 rings (SSSR count). The minimum Gasteiger partial charge on any atom is -0.382 e. The van der Waals surface area contributed by atoms with Crippen molar-refractivity contribution in [2.75, 3.05) is 47.1 Å². The summed E-state index contributed by atoms with van der Waals surface area (Å²) in [6.45, 7) is 3.89. The quantitative estimate of drug-likeness (QED) is 0.251. The van der Waals surface area contributed by atoms with Gasteiger partial charge < -0.3 is 20.1 Å². The first-order valence-electron chi connectivity index (χ1n) is 8.41. The number of benzene rings is 1. The van der Waals surface area contributed by atoms with E-state index in [1.165, 1.54) is 12.0 Å². The van der Waals surface area contributed by atoms with E-state index in [1.807, 2.05) is 7.05 Å². The van der Waals surface area contributed by atoms with Crippen molar-refractivity contribution in [2.45, 2.75) is 18.8 Å². The summed E-state index contributed by atoms with van der Waals surface area (Å²) >= 11 is 0. The highest BCUT2D eigenvalue weighted by atomic mass is 127. The molecule has 1 aliphatic carbocycles. The molecule has 0 heterocycles. The van der Waals surface area contributed by atoms with Crippen LogP contribution in [0.2, 0.25) is 0 Å². The molecule has 0 aliphatic heterocycles. The van der Waals surface area contributed by atoms with Crippen molar-refractivity contribution in [3.8, 4) is 0 Å². The third kappa shape index (κ3) is 7.81. The highest BCUT2D eigenvalue weighted by Gasteiger charge is 2.37. The van der Waals surface area contributed by atoms with E-state index in [9.17, 15) is 0 Å². The molecule has 0 amide bonds. The van der Waals surface area contributed by atoms with Crippen molar-refractivity contribution >= 4 is 29.9 Å². The van der Waals surface area contributed by atoms with E-state index in [1.54, 1.807) is 7.11 Å². The first-order chi connectivity index (χ1) is 11.3. The monoisotopic (exact) mass is 447 g/mol. The summed E-state index contributed by atoms with van der Waals surface area (Å²) < 4.78 is 10.4. The Balaban J connectivity index is 0.00000288. The average Bonchev–Trinajstić information content (AvgIpc) is 3.37. The number of ether oxygens (including phenoxy) is 2. The third-order valence-electron chi connectivity index (χ3n) is 4.10. The van der Waals surface area contributed by atoms with Crippen LogP contribution >= 0.6 is 24.0 Å². The second-order valence-corrected chi connectivity index (χ2v) is 5.85. The van der Waals surface area contributed by atoms with E-state index in [0.29, 0.717) is 25.0 Å². The van der Waals surface area contributed by atoms with E-state index in [2.05, 4.69) is 46.0 Å². The van der Waals surface area contributed by atoms with Crippen LogP contribution < -0.4 is 10.6 Å². The van der Waals surface area contributed by atoms with Crippen LogP contribution in [0.3, 0.4) is 0 Å². The van der Waals surface area contributed by atoms with E-state index >= 15 is 0 Å².